The van der Waals surface area contributed by atoms with E-state index in [1.54, 1.807) is 6.92 Å². The van der Waals surface area contributed by atoms with Crippen LogP contribution in [-0.2, 0) is 17.7 Å². The number of fused-ring (bicyclic) bond motifs is 1. The molecule has 0 unspecified atom stereocenters. The number of anilines is 1. The summed E-state index contributed by atoms with van der Waals surface area (Å²) in [6.45, 7) is 4.82. The molecular weight excluding hydrogens is 380 g/mol. The molecule has 1 amide bonds. The zero-order chi connectivity index (χ0) is 21.0. The Balaban J connectivity index is 2.08. The minimum Gasteiger partial charge on any atom is -0.461 e. The average Bonchev–Trinajstić information content (AvgIpc) is 3.09. The van der Waals surface area contributed by atoms with Crippen LogP contribution in [0.15, 0.2) is 18.2 Å². The molecule has 1 aliphatic heterocycles. The lowest BCUT2D eigenvalue weighted by Crippen LogP contribution is -2.34. The number of aryl methyl sites for hydroxylation is 1. The standard InChI is InChI=1S/C21H25F2N3O3/c1-3-5-11-26(20(27)14-9-10-15(22)16(23)13-14)19-18(21(28)29-4-2)25-12-7-6-8-17(25)24-19/h9-10,13H,3-8,11-12H2,1-2H3. The van der Waals surface area contributed by atoms with Gasteiger partial charge in [-0.3, -0.25) is 9.69 Å². The highest BCUT2D eigenvalue weighted by Crippen LogP contribution is 2.28. The number of rotatable bonds is 7. The van der Waals surface area contributed by atoms with E-state index < -0.39 is 23.5 Å². The van der Waals surface area contributed by atoms with E-state index >= 15 is 0 Å². The maximum absolute atomic E-state index is 13.7. The van der Waals surface area contributed by atoms with Gasteiger partial charge in [0.2, 0.25) is 0 Å². The lowest BCUT2D eigenvalue weighted by Gasteiger charge is -2.22. The summed E-state index contributed by atoms with van der Waals surface area (Å²) in [5.41, 5.74) is 0.245. The molecule has 0 N–H and O–H groups in total. The lowest BCUT2D eigenvalue weighted by molar-refractivity contribution is 0.0513. The van der Waals surface area contributed by atoms with Crippen molar-refractivity contribution < 1.29 is 23.1 Å². The average molecular weight is 405 g/mol. The molecule has 0 saturated heterocycles. The highest BCUT2D eigenvalue weighted by atomic mass is 19.2. The SMILES string of the molecule is CCCCN(C(=O)c1ccc(F)c(F)c1)c1nc2n(c1C(=O)OCC)CCCC2. The van der Waals surface area contributed by atoms with Gasteiger partial charge in [-0.2, -0.15) is 0 Å². The van der Waals surface area contributed by atoms with Crippen molar-refractivity contribution >= 4 is 17.7 Å². The van der Waals surface area contributed by atoms with Crippen LogP contribution in [0.3, 0.4) is 0 Å². The van der Waals surface area contributed by atoms with E-state index in [0.717, 1.165) is 37.2 Å². The van der Waals surface area contributed by atoms with Gasteiger partial charge in [0.15, 0.2) is 23.1 Å². The Morgan fingerprint density at radius 1 is 1.21 bits per heavy atom. The zero-order valence-corrected chi connectivity index (χ0v) is 16.7. The van der Waals surface area contributed by atoms with Crippen molar-refractivity contribution in [3.05, 3.63) is 46.9 Å². The normalized spacial score (nSPS) is 13.1. The fourth-order valence-corrected chi connectivity index (χ4v) is 3.46. The summed E-state index contributed by atoms with van der Waals surface area (Å²) in [6.07, 6.45) is 4.03. The van der Waals surface area contributed by atoms with E-state index in [-0.39, 0.29) is 23.7 Å². The van der Waals surface area contributed by atoms with Gasteiger partial charge < -0.3 is 9.30 Å². The smallest absolute Gasteiger partial charge is 0.358 e. The van der Waals surface area contributed by atoms with Crippen LogP contribution < -0.4 is 4.90 Å². The van der Waals surface area contributed by atoms with Gasteiger partial charge in [-0.25, -0.2) is 18.6 Å². The summed E-state index contributed by atoms with van der Waals surface area (Å²) < 4.78 is 34.1. The maximum Gasteiger partial charge on any atom is 0.358 e. The molecule has 0 radical (unpaired) electrons. The number of nitrogens with zero attached hydrogens (tertiary/aromatic N) is 3. The predicted octanol–water partition coefficient (Wildman–Crippen LogP) is 4.12. The summed E-state index contributed by atoms with van der Waals surface area (Å²) in [6, 6.07) is 3.03. The second-order valence-corrected chi connectivity index (χ2v) is 6.97. The number of benzene rings is 1. The van der Waals surface area contributed by atoms with Crippen molar-refractivity contribution in [2.45, 2.75) is 52.5 Å². The van der Waals surface area contributed by atoms with Crippen molar-refractivity contribution in [3.8, 4) is 0 Å². The molecule has 3 rings (SSSR count). The summed E-state index contributed by atoms with van der Waals surface area (Å²) in [4.78, 5) is 31.9. The second kappa shape index (κ2) is 9.15. The third kappa shape index (κ3) is 4.31. The number of imidazole rings is 1. The van der Waals surface area contributed by atoms with Gasteiger partial charge in [0, 0.05) is 25.1 Å². The predicted molar refractivity (Wildman–Crippen MR) is 104 cm³/mol. The van der Waals surface area contributed by atoms with E-state index in [9.17, 15) is 18.4 Å². The fourth-order valence-electron chi connectivity index (χ4n) is 3.46. The van der Waals surface area contributed by atoms with Crippen molar-refractivity contribution in [2.24, 2.45) is 0 Å². The zero-order valence-electron chi connectivity index (χ0n) is 16.7. The molecule has 0 fully saturated rings. The number of unbranched alkanes of at least 4 members (excludes halogenated alkanes) is 1. The molecule has 0 saturated carbocycles. The first-order valence-corrected chi connectivity index (χ1v) is 10.0. The minimum atomic E-state index is -1.10. The van der Waals surface area contributed by atoms with E-state index in [4.69, 9.17) is 4.74 Å². The summed E-state index contributed by atoms with van der Waals surface area (Å²) in [7, 11) is 0. The molecule has 2 heterocycles. The molecule has 0 aliphatic carbocycles. The van der Waals surface area contributed by atoms with E-state index in [0.29, 0.717) is 25.9 Å². The third-order valence-corrected chi connectivity index (χ3v) is 4.93. The van der Waals surface area contributed by atoms with Crippen LogP contribution in [0.5, 0.6) is 0 Å². The fraction of sp³-hybridized carbons (Fsp3) is 0.476. The van der Waals surface area contributed by atoms with Gasteiger partial charge in [-0.15, -0.1) is 0 Å². The molecule has 1 aromatic carbocycles. The third-order valence-electron chi connectivity index (χ3n) is 4.93. The van der Waals surface area contributed by atoms with Gasteiger partial charge in [-0.05, 0) is 44.4 Å². The number of ether oxygens (including phenoxy) is 1. The highest BCUT2D eigenvalue weighted by molar-refractivity contribution is 6.08. The number of carbonyl (C=O) groups excluding carboxylic acids is 2. The lowest BCUT2D eigenvalue weighted by atomic mass is 10.1. The van der Waals surface area contributed by atoms with E-state index in [1.807, 2.05) is 11.5 Å². The monoisotopic (exact) mass is 405 g/mol. The van der Waals surface area contributed by atoms with Crippen LogP contribution in [0.1, 0.15) is 66.2 Å². The molecule has 6 nitrogen and oxygen atoms in total. The van der Waals surface area contributed by atoms with Crippen molar-refractivity contribution in [3.63, 3.8) is 0 Å². The summed E-state index contributed by atoms with van der Waals surface area (Å²) in [5, 5.41) is 0. The second-order valence-electron chi connectivity index (χ2n) is 6.97. The largest absolute Gasteiger partial charge is 0.461 e. The molecule has 8 heteroatoms. The van der Waals surface area contributed by atoms with Gasteiger partial charge in [0.05, 0.1) is 6.61 Å². The van der Waals surface area contributed by atoms with Crippen LogP contribution in [0.25, 0.3) is 0 Å². The molecule has 1 aliphatic rings. The maximum atomic E-state index is 13.7. The van der Waals surface area contributed by atoms with Crippen LogP contribution in [0.4, 0.5) is 14.6 Å². The molecule has 156 valence electrons. The van der Waals surface area contributed by atoms with Gasteiger partial charge >= 0.3 is 5.97 Å². The van der Waals surface area contributed by atoms with Gasteiger partial charge in [0.1, 0.15) is 5.82 Å². The molecular formula is C21H25F2N3O3. The van der Waals surface area contributed by atoms with E-state index in [2.05, 4.69) is 4.98 Å². The number of esters is 1. The Bertz CT molecular complexity index is 911. The first kappa shape index (κ1) is 21.0. The number of carbonyl (C=O) groups is 2. The Labute approximate surface area is 168 Å². The number of hydrogen-bond donors (Lipinski definition) is 0. The summed E-state index contributed by atoms with van der Waals surface area (Å²) in [5.74, 6) is -2.23. The highest BCUT2D eigenvalue weighted by Gasteiger charge is 2.32. The minimum absolute atomic E-state index is 0.000726. The molecule has 0 atom stereocenters. The van der Waals surface area contributed by atoms with Crippen molar-refractivity contribution in [2.75, 3.05) is 18.1 Å². The Morgan fingerprint density at radius 2 is 2.00 bits per heavy atom. The first-order chi connectivity index (χ1) is 14.0. The summed E-state index contributed by atoms with van der Waals surface area (Å²) >= 11 is 0. The van der Waals surface area contributed by atoms with Gasteiger partial charge in [-0.1, -0.05) is 13.3 Å². The van der Waals surface area contributed by atoms with Crippen LogP contribution in [0.2, 0.25) is 0 Å². The quantitative estimate of drug-likeness (QED) is 0.650. The topological polar surface area (TPSA) is 64.4 Å². The first-order valence-electron chi connectivity index (χ1n) is 10.0. The number of hydrogen-bond acceptors (Lipinski definition) is 4. The van der Waals surface area contributed by atoms with Gasteiger partial charge in [0.25, 0.3) is 5.91 Å². The van der Waals surface area contributed by atoms with Crippen LogP contribution in [-0.4, -0.2) is 34.6 Å². The molecule has 0 bridgehead atoms. The molecule has 2 aromatic rings. The Kier molecular flexibility index (Phi) is 6.61. The molecule has 29 heavy (non-hydrogen) atoms. The number of aromatic nitrogens is 2. The molecule has 1 aromatic heterocycles. The number of amides is 1. The molecule has 0 spiro atoms. The Hall–Kier alpha value is -2.77. The van der Waals surface area contributed by atoms with Crippen LogP contribution in [0, 0.1) is 11.6 Å². The Morgan fingerprint density at radius 3 is 2.69 bits per heavy atom. The van der Waals surface area contributed by atoms with Crippen molar-refractivity contribution in [1.82, 2.24) is 9.55 Å². The van der Waals surface area contributed by atoms with Crippen LogP contribution >= 0.6 is 0 Å². The van der Waals surface area contributed by atoms with E-state index in [1.165, 1.54) is 11.0 Å². The van der Waals surface area contributed by atoms with Crippen molar-refractivity contribution in [1.29, 1.82) is 0 Å². The number of halogens is 2.